The molecule has 1 aliphatic heterocycles. The van der Waals surface area contributed by atoms with Crippen LogP contribution in [0.4, 0.5) is 0 Å². The predicted octanol–water partition coefficient (Wildman–Crippen LogP) is 0.00520. The Morgan fingerprint density at radius 3 is 2.77 bits per heavy atom. The largest absolute Gasteiger partial charge is 0.461 e. The molecule has 13 heavy (non-hydrogen) atoms. The van der Waals surface area contributed by atoms with Gasteiger partial charge in [0.05, 0.1) is 6.61 Å². The van der Waals surface area contributed by atoms with E-state index in [1.54, 1.807) is 6.92 Å². The van der Waals surface area contributed by atoms with Crippen LogP contribution in [-0.2, 0) is 23.8 Å². The molecule has 1 unspecified atom stereocenters. The maximum absolute atomic E-state index is 11.3. The minimum absolute atomic E-state index is 0.204. The zero-order valence-electron chi connectivity index (χ0n) is 7.40. The van der Waals surface area contributed by atoms with Crippen molar-refractivity contribution in [1.29, 1.82) is 0 Å². The Hall–Kier alpha value is -1.36. The first kappa shape index (κ1) is 9.73. The molecule has 1 atom stereocenters. The van der Waals surface area contributed by atoms with Gasteiger partial charge in [-0.25, -0.2) is 9.59 Å². The van der Waals surface area contributed by atoms with Crippen LogP contribution in [0.25, 0.3) is 0 Å². The maximum Gasteiger partial charge on any atom is 0.384 e. The van der Waals surface area contributed by atoms with Gasteiger partial charge in [-0.15, -0.1) is 0 Å². The van der Waals surface area contributed by atoms with E-state index in [0.29, 0.717) is 0 Å². The van der Waals surface area contributed by atoms with Crippen LogP contribution >= 0.6 is 0 Å². The van der Waals surface area contributed by atoms with Crippen molar-refractivity contribution in [3.63, 3.8) is 0 Å². The smallest absolute Gasteiger partial charge is 0.384 e. The van der Waals surface area contributed by atoms with Gasteiger partial charge in [0, 0.05) is 19.3 Å². The summed E-state index contributed by atoms with van der Waals surface area (Å²) in [7, 11) is 1.26. The fourth-order valence-electron chi connectivity index (χ4n) is 0.930. The number of rotatable bonds is 3. The minimum atomic E-state index is -1.67. The van der Waals surface area contributed by atoms with Crippen LogP contribution in [0.5, 0.6) is 0 Å². The van der Waals surface area contributed by atoms with E-state index >= 15 is 0 Å². The quantitative estimate of drug-likeness (QED) is 0.581. The van der Waals surface area contributed by atoms with Gasteiger partial charge < -0.3 is 14.2 Å². The monoisotopic (exact) mass is 186 g/mol. The lowest BCUT2D eigenvalue weighted by molar-refractivity contribution is -0.212. The standard InChI is InChI=1S/C8H10O5/c1-3-12-7(10)8(11-2)5-4-6(9)13-8/h4-5H,3H2,1-2H3. The van der Waals surface area contributed by atoms with Crippen molar-refractivity contribution in [2.24, 2.45) is 0 Å². The van der Waals surface area contributed by atoms with Gasteiger partial charge >= 0.3 is 17.7 Å². The summed E-state index contributed by atoms with van der Waals surface area (Å²) < 4.78 is 14.1. The lowest BCUT2D eigenvalue weighted by Gasteiger charge is -2.21. The second kappa shape index (κ2) is 3.57. The third-order valence-electron chi connectivity index (χ3n) is 1.55. The van der Waals surface area contributed by atoms with E-state index < -0.39 is 17.7 Å². The molecule has 0 aromatic heterocycles. The molecule has 0 spiro atoms. The molecule has 0 bridgehead atoms. The maximum atomic E-state index is 11.3. The second-order valence-corrected chi connectivity index (χ2v) is 2.35. The van der Waals surface area contributed by atoms with Crippen LogP contribution in [-0.4, -0.2) is 31.4 Å². The molecular weight excluding hydrogens is 176 g/mol. The highest BCUT2D eigenvalue weighted by Gasteiger charge is 2.45. The van der Waals surface area contributed by atoms with Gasteiger partial charge in [0.2, 0.25) is 0 Å². The van der Waals surface area contributed by atoms with Crippen LogP contribution < -0.4 is 0 Å². The number of ether oxygens (including phenoxy) is 3. The van der Waals surface area contributed by atoms with Gasteiger partial charge in [-0.1, -0.05) is 0 Å². The highest BCUT2D eigenvalue weighted by Crippen LogP contribution is 2.22. The normalized spacial score (nSPS) is 25.8. The van der Waals surface area contributed by atoms with Crippen LogP contribution in [0.1, 0.15) is 6.92 Å². The van der Waals surface area contributed by atoms with Crippen molar-refractivity contribution in [1.82, 2.24) is 0 Å². The van der Waals surface area contributed by atoms with E-state index in [1.165, 1.54) is 13.2 Å². The van der Waals surface area contributed by atoms with E-state index in [2.05, 4.69) is 9.47 Å². The van der Waals surface area contributed by atoms with Crippen molar-refractivity contribution in [3.8, 4) is 0 Å². The number of carbonyl (C=O) groups excluding carboxylic acids is 2. The number of cyclic esters (lactones) is 1. The number of methoxy groups -OCH3 is 1. The van der Waals surface area contributed by atoms with Crippen molar-refractivity contribution in [3.05, 3.63) is 12.2 Å². The van der Waals surface area contributed by atoms with Gasteiger partial charge in [-0.05, 0) is 6.92 Å². The summed E-state index contributed by atoms with van der Waals surface area (Å²) in [6.07, 6.45) is 2.35. The summed E-state index contributed by atoms with van der Waals surface area (Å²) in [4.78, 5) is 22.0. The first-order valence-electron chi connectivity index (χ1n) is 3.79. The molecule has 0 N–H and O–H groups in total. The molecule has 0 aromatic carbocycles. The number of hydrogen-bond acceptors (Lipinski definition) is 5. The summed E-state index contributed by atoms with van der Waals surface area (Å²) in [6.45, 7) is 1.86. The Labute approximate surface area is 75.3 Å². The third-order valence-corrected chi connectivity index (χ3v) is 1.55. The molecule has 5 heteroatoms. The highest BCUT2D eigenvalue weighted by atomic mass is 16.7. The highest BCUT2D eigenvalue weighted by molar-refractivity contribution is 5.93. The summed E-state index contributed by atoms with van der Waals surface area (Å²) >= 11 is 0. The van der Waals surface area contributed by atoms with Crippen LogP contribution in [0.3, 0.4) is 0 Å². The Morgan fingerprint density at radius 1 is 1.69 bits per heavy atom. The molecule has 72 valence electrons. The lowest BCUT2D eigenvalue weighted by Crippen LogP contribution is -2.41. The number of carbonyl (C=O) groups is 2. The van der Waals surface area contributed by atoms with Gasteiger partial charge in [0.15, 0.2) is 0 Å². The van der Waals surface area contributed by atoms with E-state index in [9.17, 15) is 9.59 Å². The Morgan fingerprint density at radius 2 is 2.38 bits per heavy atom. The van der Waals surface area contributed by atoms with Gasteiger partial charge in [-0.2, -0.15) is 0 Å². The molecular formula is C8H10O5. The van der Waals surface area contributed by atoms with E-state index in [4.69, 9.17) is 4.74 Å². The topological polar surface area (TPSA) is 61.8 Å². The zero-order valence-corrected chi connectivity index (χ0v) is 7.40. The van der Waals surface area contributed by atoms with Gasteiger partial charge in [0.25, 0.3) is 0 Å². The summed E-state index contributed by atoms with van der Waals surface area (Å²) in [5.41, 5.74) is 0. The number of hydrogen-bond donors (Lipinski definition) is 0. The molecule has 0 aromatic rings. The Kier molecular flexibility index (Phi) is 2.67. The Balaban J connectivity index is 2.77. The molecule has 0 saturated heterocycles. The molecule has 1 aliphatic rings. The molecule has 5 nitrogen and oxygen atoms in total. The molecule has 0 radical (unpaired) electrons. The number of esters is 2. The second-order valence-electron chi connectivity index (χ2n) is 2.35. The fraction of sp³-hybridized carbons (Fsp3) is 0.500. The van der Waals surface area contributed by atoms with Crippen molar-refractivity contribution >= 4 is 11.9 Å². The SMILES string of the molecule is CCOC(=O)C1(OC)C=CC(=O)O1. The Bertz CT molecular complexity index is 257. The van der Waals surface area contributed by atoms with E-state index in [0.717, 1.165) is 6.08 Å². The average molecular weight is 186 g/mol. The minimum Gasteiger partial charge on any atom is -0.461 e. The van der Waals surface area contributed by atoms with E-state index in [1.807, 2.05) is 0 Å². The average Bonchev–Trinajstić information content (AvgIpc) is 2.49. The van der Waals surface area contributed by atoms with E-state index in [-0.39, 0.29) is 6.61 Å². The molecule has 0 amide bonds. The molecule has 0 saturated carbocycles. The third kappa shape index (κ3) is 1.70. The summed E-state index contributed by atoms with van der Waals surface area (Å²) in [6, 6.07) is 0. The first-order chi connectivity index (χ1) is 6.14. The lowest BCUT2D eigenvalue weighted by atomic mass is 10.3. The summed E-state index contributed by atoms with van der Waals surface area (Å²) in [5.74, 6) is -3.01. The van der Waals surface area contributed by atoms with Crippen LogP contribution in [0.15, 0.2) is 12.2 Å². The summed E-state index contributed by atoms with van der Waals surface area (Å²) in [5, 5.41) is 0. The van der Waals surface area contributed by atoms with Crippen molar-refractivity contribution in [2.45, 2.75) is 12.7 Å². The van der Waals surface area contributed by atoms with Crippen molar-refractivity contribution < 1.29 is 23.8 Å². The first-order valence-corrected chi connectivity index (χ1v) is 3.79. The van der Waals surface area contributed by atoms with Crippen molar-refractivity contribution in [2.75, 3.05) is 13.7 Å². The predicted molar refractivity (Wildman–Crippen MR) is 41.6 cm³/mol. The van der Waals surface area contributed by atoms with Crippen LogP contribution in [0, 0.1) is 0 Å². The zero-order chi connectivity index (χ0) is 9.90. The molecule has 0 fully saturated rings. The molecule has 0 aliphatic carbocycles. The van der Waals surface area contributed by atoms with Gasteiger partial charge in [-0.3, -0.25) is 0 Å². The van der Waals surface area contributed by atoms with Crippen LogP contribution in [0.2, 0.25) is 0 Å². The molecule has 1 rings (SSSR count). The molecule has 1 heterocycles. The van der Waals surface area contributed by atoms with Gasteiger partial charge in [0.1, 0.15) is 0 Å². The fourth-order valence-corrected chi connectivity index (χ4v) is 0.930.